The predicted molar refractivity (Wildman–Crippen MR) is 96.2 cm³/mol. The monoisotopic (exact) mass is 333 g/mol. The summed E-state index contributed by atoms with van der Waals surface area (Å²) in [6, 6.07) is 8.15. The summed E-state index contributed by atoms with van der Waals surface area (Å²) in [6.07, 6.45) is 5.78. The van der Waals surface area contributed by atoms with Gasteiger partial charge in [-0.25, -0.2) is 0 Å². The maximum Gasteiger partial charge on any atom is 0.254 e. The lowest BCUT2D eigenvalue weighted by Gasteiger charge is -2.36. The fourth-order valence-corrected chi connectivity index (χ4v) is 3.25. The van der Waals surface area contributed by atoms with E-state index in [1.54, 1.807) is 7.11 Å². The lowest BCUT2D eigenvalue weighted by molar-refractivity contribution is 0.0552. The highest BCUT2D eigenvalue weighted by atomic mass is 16.5. The number of amides is 1. The number of carbonyl (C=O) groups excluding carboxylic acids is 1. The van der Waals surface area contributed by atoms with Gasteiger partial charge in [0.05, 0.1) is 5.60 Å². The van der Waals surface area contributed by atoms with Crippen LogP contribution < -0.4 is 0 Å². The molecule has 1 aliphatic heterocycles. The van der Waals surface area contributed by atoms with Crippen LogP contribution in [0.2, 0.25) is 0 Å². The molecule has 0 spiro atoms. The van der Waals surface area contributed by atoms with E-state index in [1.807, 2.05) is 43.0 Å². The van der Waals surface area contributed by atoms with Gasteiger partial charge in [-0.3, -0.25) is 4.79 Å². The zero-order valence-corrected chi connectivity index (χ0v) is 15.3. The van der Waals surface area contributed by atoms with Gasteiger partial charge in [-0.15, -0.1) is 0 Å². The summed E-state index contributed by atoms with van der Waals surface area (Å²) >= 11 is 0. The SMILES string of the molecule is COCC[C@H]1CCCCN1C(=O)c1ccc(CCC(C)(C)O)cc1. The summed E-state index contributed by atoms with van der Waals surface area (Å²) in [5.74, 6) is 0.129. The zero-order chi connectivity index (χ0) is 17.6. The molecule has 1 fully saturated rings. The minimum absolute atomic E-state index is 0.129. The van der Waals surface area contributed by atoms with Gasteiger partial charge in [-0.05, 0) is 70.1 Å². The summed E-state index contributed by atoms with van der Waals surface area (Å²) < 4.78 is 5.19. The third-order valence-corrected chi connectivity index (χ3v) is 4.77. The van der Waals surface area contributed by atoms with E-state index in [9.17, 15) is 9.90 Å². The largest absolute Gasteiger partial charge is 0.390 e. The summed E-state index contributed by atoms with van der Waals surface area (Å²) in [6.45, 7) is 5.18. The predicted octanol–water partition coefficient (Wildman–Crippen LogP) is 3.42. The van der Waals surface area contributed by atoms with Gasteiger partial charge in [-0.1, -0.05) is 12.1 Å². The fraction of sp³-hybridized carbons (Fsp3) is 0.650. The average Bonchev–Trinajstić information content (AvgIpc) is 2.57. The summed E-state index contributed by atoms with van der Waals surface area (Å²) in [7, 11) is 1.71. The first-order valence-corrected chi connectivity index (χ1v) is 9.02. The minimum Gasteiger partial charge on any atom is -0.390 e. The Morgan fingerprint density at radius 3 is 2.62 bits per heavy atom. The van der Waals surface area contributed by atoms with Crippen LogP contribution in [-0.4, -0.2) is 47.8 Å². The van der Waals surface area contributed by atoms with Crippen LogP contribution in [0.15, 0.2) is 24.3 Å². The molecule has 1 heterocycles. The average molecular weight is 333 g/mol. The van der Waals surface area contributed by atoms with E-state index in [-0.39, 0.29) is 5.91 Å². The number of benzene rings is 1. The van der Waals surface area contributed by atoms with Crippen LogP contribution in [0.3, 0.4) is 0 Å². The molecule has 1 aromatic rings. The Hall–Kier alpha value is -1.39. The second-order valence-corrected chi connectivity index (χ2v) is 7.44. The fourth-order valence-electron chi connectivity index (χ4n) is 3.25. The van der Waals surface area contributed by atoms with Crippen molar-refractivity contribution in [3.63, 3.8) is 0 Å². The number of aryl methyl sites for hydroxylation is 1. The Morgan fingerprint density at radius 1 is 1.29 bits per heavy atom. The van der Waals surface area contributed by atoms with Gasteiger partial charge >= 0.3 is 0 Å². The molecule has 0 unspecified atom stereocenters. The van der Waals surface area contributed by atoms with Gasteiger partial charge in [0.1, 0.15) is 0 Å². The summed E-state index contributed by atoms with van der Waals surface area (Å²) in [5.41, 5.74) is 1.26. The maximum absolute atomic E-state index is 12.8. The number of carbonyl (C=O) groups is 1. The van der Waals surface area contributed by atoms with E-state index >= 15 is 0 Å². The van der Waals surface area contributed by atoms with Gasteiger partial charge < -0.3 is 14.7 Å². The lowest BCUT2D eigenvalue weighted by Crippen LogP contribution is -2.44. The van der Waals surface area contributed by atoms with Crippen molar-refractivity contribution in [2.75, 3.05) is 20.3 Å². The second kappa shape index (κ2) is 8.63. The molecule has 1 atom stereocenters. The van der Waals surface area contributed by atoms with Gasteiger partial charge in [0.15, 0.2) is 0 Å². The molecule has 1 saturated heterocycles. The lowest BCUT2D eigenvalue weighted by atomic mass is 9.96. The van der Waals surface area contributed by atoms with Crippen LogP contribution in [0, 0.1) is 0 Å². The second-order valence-electron chi connectivity index (χ2n) is 7.44. The number of hydrogen-bond acceptors (Lipinski definition) is 3. The molecule has 0 saturated carbocycles. The quantitative estimate of drug-likeness (QED) is 0.832. The first kappa shape index (κ1) is 18.9. The van der Waals surface area contributed by atoms with Crippen molar-refractivity contribution in [2.24, 2.45) is 0 Å². The van der Waals surface area contributed by atoms with Crippen LogP contribution in [-0.2, 0) is 11.2 Å². The number of methoxy groups -OCH3 is 1. The minimum atomic E-state index is -0.656. The molecule has 0 aliphatic carbocycles. The smallest absolute Gasteiger partial charge is 0.254 e. The van der Waals surface area contributed by atoms with E-state index < -0.39 is 5.60 Å². The third-order valence-electron chi connectivity index (χ3n) is 4.77. The molecule has 1 N–H and O–H groups in total. The van der Waals surface area contributed by atoms with Crippen LogP contribution in [0.4, 0.5) is 0 Å². The molecule has 134 valence electrons. The zero-order valence-electron chi connectivity index (χ0n) is 15.3. The number of piperidine rings is 1. The molecule has 4 heteroatoms. The number of nitrogens with zero attached hydrogens (tertiary/aromatic N) is 1. The van der Waals surface area contributed by atoms with E-state index in [4.69, 9.17) is 4.74 Å². The molecule has 0 aromatic heterocycles. The molecule has 2 rings (SSSR count). The summed E-state index contributed by atoms with van der Waals surface area (Å²) in [4.78, 5) is 14.9. The highest BCUT2D eigenvalue weighted by Crippen LogP contribution is 2.22. The summed E-state index contributed by atoms with van der Waals surface area (Å²) in [5, 5.41) is 9.82. The normalized spacial score (nSPS) is 18.7. The van der Waals surface area contributed by atoms with Crippen molar-refractivity contribution in [1.29, 1.82) is 0 Å². The molecule has 0 radical (unpaired) electrons. The highest BCUT2D eigenvalue weighted by Gasteiger charge is 2.27. The van der Waals surface area contributed by atoms with E-state index in [1.165, 1.54) is 6.42 Å². The van der Waals surface area contributed by atoms with Crippen molar-refractivity contribution in [2.45, 2.75) is 64.0 Å². The van der Waals surface area contributed by atoms with Crippen molar-refractivity contribution < 1.29 is 14.6 Å². The Morgan fingerprint density at radius 2 is 2.00 bits per heavy atom. The standard InChI is InChI=1S/C20H31NO3/c1-20(2,23)13-11-16-7-9-17(10-8-16)19(22)21-14-5-4-6-18(21)12-15-24-3/h7-10,18,23H,4-6,11-15H2,1-3H3/t18-/m1/s1. The van der Waals surface area contributed by atoms with Crippen molar-refractivity contribution in [3.8, 4) is 0 Å². The number of likely N-dealkylation sites (tertiary alicyclic amines) is 1. The Balaban J connectivity index is 2.00. The molecule has 24 heavy (non-hydrogen) atoms. The Kier molecular flexibility index (Phi) is 6.81. The van der Waals surface area contributed by atoms with Crippen molar-refractivity contribution in [1.82, 2.24) is 4.90 Å². The van der Waals surface area contributed by atoms with E-state index in [0.717, 1.165) is 43.4 Å². The number of ether oxygens (including phenoxy) is 1. The molecule has 1 aromatic carbocycles. The van der Waals surface area contributed by atoms with Crippen LogP contribution >= 0.6 is 0 Å². The topological polar surface area (TPSA) is 49.8 Å². The first-order valence-electron chi connectivity index (χ1n) is 9.02. The Labute approximate surface area is 145 Å². The molecule has 0 bridgehead atoms. The van der Waals surface area contributed by atoms with Gasteiger partial charge in [-0.2, -0.15) is 0 Å². The van der Waals surface area contributed by atoms with Crippen LogP contribution in [0.1, 0.15) is 61.9 Å². The van der Waals surface area contributed by atoms with Gasteiger partial charge in [0.25, 0.3) is 5.91 Å². The van der Waals surface area contributed by atoms with Gasteiger partial charge in [0.2, 0.25) is 0 Å². The van der Waals surface area contributed by atoms with Crippen LogP contribution in [0.5, 0.6) is 0 Å². The number of rotatable bonds is 7. The molecular formula is C20H31NO3. The van der Waals surface area contributed by atoms with Crippen molar-refractivity contribution >= 4 is 5.91 Å². The van der Waals surface area contributed by atoms with E-state index in [2.05, 4.69) is 0 Å². The molecule has 4 nitrogen and oxygen atoms in total. The molecule has 1 amide bonds. The van der Waals surface area contributed by atoms with Gasteiger partial charge in [0, 0.05) is 31.9 Å². The maximum atomic E-state index is 12.8. The van der Waals surface area contributed by atoms with E-state index in [0.29, 0.717) is 19.1 Å². The number of aliphatic hydroxyl groups is 1. The highest BCUT2D eigenvalue weighted by molar-refractivity contribution is 5.94. The molecular weight excluding hydrogens is 302 g/mol. The van der Waals surface area contributed by atoms with Crippen molar-refractivity contribution in [3.05, 3.63) is 35.4 Å². The number of hydrogen-bond donors (Lipinski definition) is 1. The first-order chi connectivity index (χ1) is 11.4. The molecule has 1 aliphatic rings. The Bertz CT molecular complexity index is 519. The van der Waals surface area contributed by atoms with Crippen LogP contribution in [0.25, 0.3) is 0 Å². The third kappa shape index (κ3) is 5.60.